The molecule has 0 aromatic heterocycles. The summed E-state index contributed by atoms with van der Waals surface area (Å²) >= 11 is 0. The lowest BCUT2D eigenvalue weighted by atomic mass is 9.82. The summed E-state index contributed by atoms with van der Waals surface area (Å²) < 4.78 is 0. The fourth-order valence-electron chi connectivity index (χ4n) is 5.81. The number of benzene rings is 3. The lowest BCUT2D eigenvalue weighted by Gasteiger charge is -2.21. The maximum atomic E-state index is 10.1. The Kier molecular flexibility index (Phi) is 4.64. The van der Waals surface area contributed by atoms with Crippen molar-refractivity contribution in [2.45, 2.75) is 12.8 Å². The molecule has 0 amide bonds. The van der Waals surface area contributed by atoms with Crippen molar-refractivity contribution in [3.05, 3.63) is 101 Å². The molecule has 0 bridgehead atoms. The van der Waals surface area contributed by atoms with Gasteiger partial charge in [0.1, 0.15) is 17.7 Å². The van der Waals surface area contributed by atoms with Gasteiger partial charge in [-0.3, -0.25) is 0 Å². The van der Waals surface area contributed by atoms with Gasteiger partial charge in [0.2, 0.25) is 0 Å². The van der Waals surface area contributed by atoms with Crippen molar-refractivity contribution in [3.63, 3.8) is 0 Å². The Hall–Kier alpha value is -4.91. The second-order valence-electron chi connectivity index (χ2n) is 9.03. The molecule has 3 nitrogen and oxygen atoms in total. The van der Waals surface area contributed by atoms with Crippen LogP contribution in [0.3, 0.4) is 0 Å². The zero-order chi connectivity index (χ0) is 24.1. The number of nitriles is 3. The SMILES string of the molecule is CC1C=CC=CC1c1c2c3ccc(C#N)c4cccc(c-2c(-c2ccccc2)c1=C(C#N)C#N)c43. The Morgan fingerprint density at radius 1 is 0.714 bits per heavy atom. The molecule has 0 radical (unpaired) electrons. The highest BCUT2D eigenvalue weighted by molar-refractivity contribution is 6.28. The first-order valence-corrected chi connectivity index (χ1v) is 11.6. The second-order valence-corrected chi connectivity index (χ2v) is 9.03. The number of rotatable bonds is 2. The van der Waals surface area contributed by atoms with Crippen LogP contribution in [0.1, 0.15) is 24.0 Å². The van der Waals surface area contributed by atoms with Gasteiger partial charge < -0.3 is 0 Å². The summed E-state index contributed by atoms with van der Waals surface area (Å²) in [5.41, 5.74) is 5.82. The molecule has 6 rings (SSSR count). The number of fused-ring (bicyclic) bond motifs is 3. The Morgan fingerprint density at radius 3 is 2.14 bits per heavy atom. The van der Waals surface area contributed by atoms with Crippen LogP contribution in [0.25, 0.3) is 49.4 Å². The van der Waals surface area contributed by atoms with Crippen LogP contribution in [0.15, 0.2) is 85.0 Å². The Balaban J connectivity index is 1.95. The van der Waals surface area contributed by atoms with Crippen LogP contribution in [0, 0.1) is 39.9 Å². The Morgan fingerprint density at radius 2 is 1.43 bits per heavy atom. The van der Waals surface area contributed by atoms with Crippen LogP contribution in [-0.2, 0) is 0 Å². The number of hydrogen-bond donors (Lipinski definition) is 0. The van der Waals surface area contributed by atoms with E-state index in [1.807, 2.05) is 60.7 Å². The molecule has 0 fully saturated rings. The van der Waals surface area contributed by atoms with Gasteiger partial charge in [0.05, 0.1) is 11.6 Å². The maximum absolute atomic E-state index is 10.1. The van der Waals surface area contributed by atoms with Gasteiger partial charge >= 0.3 is 0 Å². The van der Waals surface area contributed by atoms with Gasteiger partial charge in [-0.15, -0.1) is 0 Å². The summed E-state index contributed by atoms with van der Waals surface area (Å²) in [6.45, 7) is 2.17. The summed E-state index contributed by atoms with van der Waals surface area (Å²) in [5, 5.41) is 34.8. The van der Waals surface area contributed by atoms with Crippen molar-refractivity contribution in [2.75, 3.05) is 0 Å². The summed E-state index contributed by atoms with van der Waals surface area (Å²) in [7, 11) is 0. The van der Waals surface area contributed by atoms with Crippen molar-refractivity contribution in [2.24, 2.45) is 5.92 Å². The zero-order valence-electron chi connectivity index (χ0n) is 19.1. The van der Waals surface area contributed by atoms with Crippen molar-refractivity contribution in [3.8, 4) is 40.5 Å². The molecule has 3 aliphatic rings. The van der Waals surface area contributed by atoms with Gasteiger partial charge in [-0.2, -0.15) is 15.8 Å². The summed E-state index contributed by atoms with van der Waals surface area (Å²) in [6, 6.07) is 26.8. The quantitative estimate of drug-likeness (QED) is 0.299. The summed E-state index contributed by atoms with van der Waals surface area (Å²) in [5.74, 6) is 0.211. The third kappa shape index (κ3) is 2.81. The van der Waals surface area contributed by atoms with E-state index in [4.69, 9.17) is 0 Å². The molecule has 0 N–H and O–H groups in total. The molecular weight excluding hydrogens is 426 g/mol. The van der Waals surface area contributed by atoms with Gasteiger partial charge in [-0.1, -0.05) is 85.8 Å². The zero-order valence-corrected chi connectivity index (χ0v) is 19.1. The monoisotopic (exact) mass is 445 g/mol. The highest BCUT2D eigenvalue weighted by Crippen LogP contribution is 2.52. The van der Waals surface area contributed by atoms with E-state index < -0.39 is 0 Å². The van der Waals surface area contributed by atoms with Crippen LogP contribution < -0.4 is 5.22 Å². The minimum Gasteiger partial charge on any atom is -0.192 e. The average molecular weight is 446 g/mol. The minimum atomic E-state index is 0.0120. The molecule has 0 spiro atoms. The summed E-state index contributed by atoms with van der Waals surface area (Å²) in [4.78, 5) is 0. The first kappa shape index (κ1) is 20.7. The molecule has 0 heterocycles. The van der Waals surface area contributed by atoms with E-state index in [2.05, 4.69) is 49.4 Å². The number of nitrogens with zero attached hydrogens (tertiary/aromatic N) is 3. The van der Waals surface area contributed by atoms with Crippen molar-refractivity contribution in [1.82, 2.24) is 0 Å². The third-order valence-corrected chi connectivity index (χ3v) is 7.27. The van der Waals surface area contributed by atoms with Crippen LogP contribution in [0.4, 0.5) is 0 Å². The Bertz CT molecular complexity index is 1820. The first-order chi connectivity index (χ1) is 17.2. The van der Waals surface area contributed by atoms with Crippen molar-refractivity contribution < 1.29 is 0 Å². The van der Waals surface area contributed by atoms with E-state index in [1.165, 1.54) is 0 Å². The number of hydrogen-bond acceptors (Lipinski definition) is 3. The highest BCUT2D eigenvalue weighted by Gasteiger charge is 2.33. The molecule has 35 heavy (non-hydrogen) atoms. The van der Waals surface area contributed by atoms with Crippen LogP contribution in [0.5, 0.6) is 0 Å². The van der Waals surface area contributed by atoms with Gasteiger partial charge in [0.25, 0.3) is 0 Å². The molecule has 0 saturated heterocycles. The predicted molar refractivity (Wildman–Crippen MR) is 139 cm³/mol. The van der Waals surface area contributed by atoms with E-state index in [-0.39, 0.29) is 17.4 Å². The normalized spacial score (nSPS) is 17.0. The standard InChI is InChI=1S/C32H19N3/c1-19-8-5-6-11-23(19)30-28(22(17-34)18-35)27(20-9-3-2-4-10-20)31-25-13-7-12-24-21(16-33)14-15-26(29(24)25)32(30)31/h2-15,19,23H,1H3. The predicted octanol–water partition coefficient (Wildman–Crippen LogP) is 6.84. The van der Waals surface area contributed by atoms with Crippen LogP contribution >= 0.6 is 0 Å². The van der Waals surface area contributed by atoms with E-state index >= 15 is 0 Å². The van der Waals surface area contributed by atoms with Crippen LogP contribution in [0.2, 0.25) is 0 Å². The lowest BCUT2D eigenvalue weighted by molar-refractivity contribution is 0.635. The molecule has 2 atom stereocenters. The van der Waals surface area contributed by atoms with Gasteiger partial charge in [0.15, 0.2) is 0 Å². The average Bonchev–Trinajstić information content (AvgIpc) is 3.40. The molecule has 0 aliphatic heterocycles. The molecule has 3 aromatic rings. The van der Waals surface area contributed by atoms with Crippen LogP contribution in [-0.4, -0.2) is 0 Å². The second kappa shape index (κ2) is 7.85. The molecule has 0 saturated carbocycles. The largest absolute Gasteiger partial charge is 0.192 e. The molecule has 3 aliphatic carbocycles. The van der Waals surface area contributed by atoms with Crippen molar-refractivity contribution in [1.29, 1.82) is 15.8 Å². The van der Waals surface area contributed by atoms with Gasteiger partial charge in [-0.05, 0) is 56.0 Å². The molecule has 2 unspecified atom stereocenters. The molecule has 3 heteroatoms. The minimum absolute atomic E-state index is 0.0120. The molecular formula is C32H19N3. The highest BCUT2D eigenvalue weighted by atomic mass is 14.4. The van der Waals surface area contributed by atoms with E-state index in [9.17, 15) is 15.8 Å². The Labute approximate surface area is 203 Å². The fourth-order valence-corrected chi connectivity index (χ4v) is 5.81. The smallest absolute Gasteiger partial charge is 0.137 e. The third-order valence-electron chi connectivity index (χ3n) is 7.27. The topological polar surface area (TPSA) is 71.4 Å². The van der Waals surface area contributed by atoms with Crippen molar-refractivity contribution >= 4 is 27.1 Å². The molecule has 162 valence electrons. The van der Waals surface area contributed by atoms with E-state index in [0.29, 0.717) is 5.56 Å². The number of allylic oxidation sites excluding steroid dienone is 4. The first-order valence-electron chi connectivity index (χ1n) is 11.6. The van der Waals surface area contributed by atoms with E-state index in [0.717, 1.165) is 54.6 Å². The fraction of sp³-hybridized carbons (Fsp3) is 0.0938. The van der Waals surface area contributed by atoms with Gasteiger partial charge in [0, 0.05) is 16.5 Å². The summed E-state index contributed by atoms with van der Waals surface area (Å²) in [6.07, 6.45) is 8.45. The molecule has 3 aromatic carbocycles. The van der Waals surface area contributed by atoms with Gasteiger partial charge in [-0.25, -0.2) is 0 Å². The van der Waals surface area contributed by atoms with E-state index in [1.54, 1.807) is 0 Å². The maximum Gasteiger partial charge on any atom is 0.137 e. The lowest BCUT2D eigenvalue weighted by Crippen LogP contribution is -2.18.